The number of amides is 1. The molecule has 0 saturated carbocycles. The first kappa shape index (κ1) is 23.4. The Balaban J connectivity index is 2.60. The third kappa shape index (κ3) is 9.93. The highest BCUT2D eigenvalue weighted by Gasteiger charge is 2.28. The fourth-order valence-corrected chi connectivity index (χ4v) is 2.27. The van der Waals surface area contributed by atoms with E-state index in [2.05, 4.69) is 5.32 Å². The molecule has 0 aliphatic rings. The van der Waals surface area contributed by atoms with E-state index in [1.165, 1.54) is 0 Å². The Labute approximate surface area is 167 Å². The molecule has 28 heavy (non-hydrogen) atoms. The molecule has 0 bridgehead atoms. The van der Waals surface area contributed by atoms with Crippen LogP contribution in [0.15, 0.2) is 30.3 Å². The maximum Gasteiger partial charge on any atom is 0.509 e. The highest BCUT2D eigenvalue weighted by Crippen LogP contribution is 2.14. The molecule has 7 nitrogen and oxygen atoms in total. The standard InChI is InChI=1S/C21H30N2O5/c1-15(2)11-18(27-20(25)28-21(3,4)5)19(24)23-17(12-22)14-26-13-16-9-7-6-8-10-16/h6-10,15,17-18H,11,13-14H2,1-5H3,(H,23,24)/t17-,18+/m1/s1. The lowest BCUT2D eigenvalue weighted by Gasteiger charge is -2.24. The van der Waals surface area contributed by atoms with Crippen molar-refractivity contribution in [3.05, 3.63) is 35.9 Å². The van der Waals surface area contributed by atoms with Crippen molar-refractivity contribution in [1.29, 1.82) is 5.26 Å². The molecule has 1 amide bonds. The van der Waals surface area contributed by atoms with Crippen molar-refractivity contribution in [3.63, 3.8) is 0 Å². The molecule has 7 heteroatoms. The molecule has 0 aliphatic carbocycles. The van der Waals surface area contributed by atoms with Gasteiger partial charge in [0.05, 0.1) is 19.3 Å². The van der Waals surface area contributed by atoms with E-state index in [9.17, 15) is 14.9 Å². The van der Waals surface area contributed by atoms with Crippen LogP contribution in [-0.4, -0.2) is 36.4 Å². The normalized spacial score (nSPS) is 13.3. The minimum Gasteiger partial charge on any atom is -0.429 e. The van der Waals surface area contributed by atoms with Gasteiger partial charge < -0.3 is 19.5 Å². The van der Waals surface area contributed by atoms with Crippen LogP contribution in [0.4, 0.5) is 4.79 Å². The van der Waals surface area contributed by atoms with E-state index >= 15 is 0 Å². The van der Waals surface area contributed by atoms with E-state index in [0.29, 0.717) is 13.0 Å². The summed E-state index contributed by atoms with van der Waals surface area (Å²) in [5.74, 6) is -0.442. The van der Waals surface area contributed by atoms with Gasteiger partial charge in [0.2, 0.25) is 0 Å². The molecule has 0 aromatic heterocycles. The van der Waals surface area contributed by atoms with Gasteiger partial charge in [-0.1, -0.05) is 44.2 Å². The lowest BCUT2D eigenvalue weighted by Crippen LogP contribution is -2.45. The molecule has 0 saturated heterocycles. The van der Waals surface area contributed by atoms with Gasteiger partial charge in [0.15, 0.2) is 6.10 Å². The predicted octanol–water partition coefficient (Wildman–Crippen LogP) is 3.58. The van der Waals surface area contributed by atoms with Gasteiger partial charge in [-0.2, -0.15) is 5.26 Å². The Morgan fingerprint density at radius 2 is 1.82 bits per heavy atom. The first-order chi connectivity index (χ1) is 13.1. The van der Waals surface area contributed by atoms with Crippen LogP contribution in [0.5, 0.6) is 0 Å². The van der Waals surface area contributed by atoms with Crippen molar-refractivity contribution in [3.8, 4) is 6.07 Å². The minimum absolute atomic E-state index is 0.0258. The minimum atomic E-state index is -1.04. The van der Waals surface area contributed by atoms with Crippen molar-refractivity contribution in [2.75, 3.05) is 6.61 Å². The van der Waals surface area contributed by atoms with Crippen LogP contribution in [-0.2, 0) is 25.6 Å². The second kappa shape index (κ2) is 11.3. The van der Waals surface area contributed by atoms with Gasteiger partial charge in [-0.3, -0.25) is 4.79 Å². The predicted molar refractivity (Wildman–Crippen MR) is 104 cm³/mol. The monoisotopic (exact) mass is 390 g/mol. The van der Waals surface area contributed by atoms with Gasteiger partial charge in [-0.05, 0) is 38.7 Å². The highest BCUT2D eigenvalue weighted by atomic mass is 16.7. The van der Waals surface area contributed by atoms with Crippen LogP contribution in [0.25, 0.3) is 0 Å². The van der Waals surface area contributed by atoms with Crippen molar-refractivity contribution in [1.82, 2.24) is 5.32 Å². The zero-order chi connectivity index (χ0) is 21.2. The van der Waals surface area contributed by atoms with Gasteiger partial charge in [-0.25, -0.2) is 4.79 Å². The van der Waals surface area contributed by atoms with E-state index in [1.54, 1.807) is 20.8 Å². The van der Waals surface area contributed by atoms with E-state index in [1.807, 2.05) is 50.2 Å². The molecule has 0 heterocycles. The SMILES string of the molecule is CC(C)C[C@H](OC(=O)OC(C)(C)C)C(=O)N[C@H](C#N)COCc1ccccc1. The summed E-state index contributed by atoms with van der Waals surface area (Å²) in [5, 5.41) is 11.9. The molecule has 0 aliphatic heterocycles. The smallest absolute Gasteiger partial charge is 0.429 e. The third-order valence-corrected chi connectivity index (χ3v) is 3.47. The zero-order valence-corrected chi connectivity index (χ0v) is 17.2. The first-order valence-electron chi connectivity index (χ1n) is 9.32. The number of hydrogen-bond donors (Lipinski definition) is 1. The lowest BCUT2D eigenvalue weighted by atomic mass is 10.1. The Kier molecular flexibility index (Phi) is 9.46. The quantitative estimate of drug-likeness (QED) is 0.647. The number of hydrogen-bond acceptors (Lipinski definition) is 6. The van der Waals surface area contributed by atoms with Crippen molar-refractivity contribution < 1.29 is 23.8 Å². The van der Waals surface area contributed by atoms with E-state index in [0.717, 1.165) is 5.56 Å². The number of nitrogens with zero attached hydrogens (tertiary/aromatic N) is 1. The summed E-state index contributed by atoms with van der Waals surface area (Å²) in [7, 11) is 0. The van der Waals surface area contributed by atoms with Crippen molar-refractivity contribution >= 4 is 12.1 Å². The number of rotatable bonds is 9. The maximum absolute atomic E-state index is 12.5. The van der Waals surface area contributed by atoms with Crippen molar-refractivity contribution in [2.45, 2.75) is 65.4 Å². The molecule has 0 unspecified atom stereocenters. The number of carbonyl (C=O) groups is 2. The molecule has 0 fully saturated rings. The number of nitrogens with one attached hydrogen (secondary N) is 1. The van der Waals surface area contributed by atoms with Gasteiger partial charge in [-0.15, -0.1) is 0 Å². The van der Waals surface area contributed by atoms with Gasteiger partial charge in [0, 0.05) is 0 Å². The summed E-state index contributed by atoms with van der Waals surface area (Å²) in [6, 6.07) is 10.7. The molecule has 1 rings (SSSR count). The number of nitriles is 1. The van der Waals surface area contributed by atoms with E-state index < -0.39 is 29.8 Å². The average Bonchev–Trinajstić information content (AvgIpc) is 2.59. The zero-order valence-electron chi connectivity index (χ0n) is 17.2. The lowest BCUT2D eigenvalue weighted by molar-refractivity contribution is -0.134. The molecular weight excluding hydrogens is 360 g/mol. The van der Waals surface area contributed by atoms with Crippen LogP contribution in [0, 0.1) is 17.2 Å². The maximum atomic E-state index is 12.5. The summed E-state index contributed by atoms with van der Waals surface area (Å²) in [5.41, 5.74) is 0.243. The molecule has 1 aromatic rings. The fraction of sp³-hybridized carbons (Fsp3) is 0.571. The molecule has 2 atom stereocenters. The fourth-order valence-electron chi connectivity index (χ4n) is 2.27. The van der Waals surface area contributed by atoms with Crippen LogP contribution in [0.1, 0.15) is 46.6 Å². The first-order valence-corrected chi connectivity index (χ1v) is 9.32. The average molecular weight is 390 g/mol. The molecule has 0 spiro atoms. The van der Waals surface area contributed by atoms with Gasteiger partial charge >= 0.3 is 6.16 Å². The second-order valence-corrected chi connectivity index (χ2v) is 7.89. The van der Waals surface area contributed by atoms with Crippen LogP contribution in [0.2, 0.25) is 0 Å². The summed E-state index contributed by atoms with van der Waals surface area (Å²) in [4.78, 5) is 24.5. The van der Waals surface area contributed by atoms with E-state index in [4.69, 9.17) is 14.2 Å². The molecule has 1 aromatic carbocycles. The summed E-state index contributed by atoms with van der Waals surface area (Å²) in [6.45, 7) is 9.30. The van der Waals surface area contributed by atoms with E-state index in [-0.39, 0.29) is 12.5 Å². The number of carbonyl (C=O) groups excluding carboxylic acids is 2. The van der Waals surface area contributed by atoms with Crippen LogP contribution in [0.3, 0.4) is 0 Å². The topological polar surface area (TPSA) is 97.6 Å². The van der Waals surface area contributed by atoms with Crippen molar-refractivity contribution in [2.24, 2.45) is 5.92 Å². The third-order valence-electron chi connectivity index (χ3n) is 3.47. The summed E-state index contributed by atoms with van der Waals surface area (Å²) in [6.07, 6.45) is -1.64. The number of benzene rings is 1. The van der Waals surface area contributed by atoms with Gasteiger partial charge in [0.25, 0.3) is 5.91 Å². The Morgan fingerprint density at radius 1 is 1.18 bits per heavy atom. The second-order valence-electron chi connectivity index (χ2n) is 7.89. The summed E-state index contributed by atoms with van der Waals surface area (Å²) >= 11 is 0. The Morgan fingerprint density at radius 3 is 2.36 bits per heavy atom. The van der Waals surface area contributed by atoms with Gasteiger partial charge in [0.1, 0.15) is 11.6 Å². The Hall–Kier alpha value is -2.59. The largest absolute Gasteiger partial charge is 0.509 e. The van der Waals surface area contributed by atoms with Crippen LogP contribution >= 0.6 is 0 Å². The molecule has 154 valence electrons. The van der Waals surface area contributed by atoms with Crippen LogP contribution < -0.4 is 5.32 Å². The highest BCUT2D eigenvalue weighted by molar-refractivity contribution is 5.83. The Bertz CT molecular complexity index is 662. The number of ether oxygens (including phenoxy) is 3. The summed E-state index contributed by atoms with van der Waals surface area (Å²) < 4.78 is 15.8. The molecule has 0 radical (unpaired) electrons. The molecular formula is C21H30N2O5. The molecule has 1 N–H and O–H groups in total.